The Labute approximate surface area is 78.7 Å². The molecule has 0 heterocycles. The molecule has 0 aromatic rings. The van der Waals surface area contributed by atoms with Gasteiger partial charge in [0.1, 0.15) is 0 Å². The molecule has 0 aliphatic heterocycles. The average Bonchev–Trinajstić information content (AvgIpc) is 2.18. The van der Waals surface area contributed by atoms with Gasteiger partial charge in [0.2, 0.25) is 0 Å². The van der Waals surface area contributed by atoms with Crippen LogP contribution >= 0.6 is 0 Å². The molecule has 1 aliphatic carbocycles. The van der Waals surface area contributed by atoms with Crippen molar-refractivity contribution in [3.63, 3.8) is 0 Å². The summed E-state index contributed by atoms with van der Waals surface area (Å²) in [6.45, 7) is 2.30. The molecule has 3 nitrogen and oxygen atoms in total. The predicted octanol–water partition coefficient (Wildman–Crippen LogP) is 1.88. The monoisotopic (exact) mass is 184 g/mol. The third-order valence-electron chi connectivity index (χ3n) is 2.25. The Kier molecular flexibility index (Phi) is 3.80. The molecule has 0 N–H and O–H groups in total. The molecule has 0 aromatic carbocycles. The zero-order valence-corrected chi connectivity index (χ0v) is 8.21. The maximum absolute atomic E-state index is 11.3. The fourth-order valence-electron chi connectivity index (χ4n) is 1.47. The Morgan fingerprint density at radius 3 is 2.92 bits per heavy atom. The maximum atomic E-state index is 11.3. The highest BCUT2D eigenvalue weighted by molar-refractivity contribution is 5.72. The van der Waals surface area contributed by atoms with Crippen molar-refractivity contribution >= 4 is 5.97 Å². The number of ether oxygens (including phenoxy) is 2. The Bertz CT molecular complexity index is 208. The second-order valence-electron chi connectivity index (χ2n) is 3.10. The number of carbonyl (C=O) groups is 1. The van der Waals surface area contributed by atoms with E-state index in [-0.39, 0.29) is 11.9 Å². The van der Waals surface area contributed by atoms with Gasteiger partial charge in [-0.3, -0.25) is 4.79 Å². The van der Waals surface area contributed by atoms with Crippen LogP contribution in [0.3, 0.4) is 0 Å². The minimum Gasteiger partial charge on any atom is -0.501 e. The van der Waals surface area contributed by atoms with Crippen LogP contribution in [0.2, 0.25) is 0 Å². The van der Waals surface area contributed by atoms with E-state index in [0.29, 0.717) is 6.61 Å². The molecule has 0 aromatic heterocycles. The molecule has 74 valence electrons. The first-order valence-corrected chi connectivity index (χ1v) is 4.67. The molecule has 0 spiro atoms. The van der Waals surface area contributed by atoms with E-state index in [1.807, 2.05) is 13.0 Å². The van der Waals surface area contributed by atoms with Crippen LogP contribution in [-0.2, 0) is 14.3 Å². The molecule has 1 unspecified atom stereocenters. The van der Waals surface area contributed by atoms with Crippen LogP contribution in [0.15, 0.2) is 11.8 Å². The molecular formula is C10H16O3. The maximum Gasteiger partial charge on any atom is 0.309 e. The second-order valence-corrected chi connectivity index (χ2v) is 3.10. The van der Waals surface area contributed by atoms with Gasteiger partial charge in [-0.05, 0) is 25.8 Å². The minimum absolute atomic E-state index is 0.0406. The van der Waals surface area contributed by atoms with Crippen molar-refractivity contribution in [2.24, 2.45) is 5.92 Å². The third-order valence-corrected chi connectivity index (χ3v) is 2.25. The number of methoxy groups -OCH3 is 1. The smallest absolute Gasteiger partial charge is 0.309 e. The molecule has 0 fully saturated rings. The number of esters is 1. The van der Waals surface area contributed by atoms with Gasteiger partial charge in [-0.25, -0.2) is 0 Å². The lowest BCUT2D eigenvalue weighted by molar-refractivity contribution is -0.148. The van der Waals surface area contributed by atoms with Gasteiger partial charge in [-0.2, -0.15) is 0 Å². The fourth-order valence-corrected chi connectivity index (χ4v) is 1.47. The van der Waals surface area contributed by atoms with Crippen molar-refractivity contribution in [1.29, 1.82) is 0 Å². The van der Waals surface area contributed by atoms with Crippen LogP contribution in [0.4, 0.5) is 0 Å². The van der Waals surface area contributed by atoms with Gasteiger partial charge in [0.15, 0.2) is 0 Å². The van der Waals surface area contributed by atoms with Crippen LogP contribution in [-0.4, -0.2) is 19.7 Å². The van der Waals surface area contributed by atoms with Crippen molar-refractivity contribution in [3.05, 3.63) is 11.8 Å². The van der Waals surface area contributed by atoms with E-state index in [1.54, 1.807) is 7.11 Å². The van der Waals surface area contributed by atoms with Crippen LogP contribution in [0.25, 0.3) is 0 Å². The van der Waals surface area contributed by atoms with Crippen molar-refractivity contribution in [2.45, 2.75) is 26.2 Å². The second kappa shape index (κ2) is 4.90. The van der Waals surface area contributed by atoms with Crippen LogP contribution in [0.1, 0.15) is 26.2 Å². The molecule has 0 saturated heterocycles. The van der Waals surface area contributed by atoms with E-state index in [4.69, 9.17) is 9.47 Å². The van der Waals surface area contributed by atoms with Gasteiger partial charge in [-0.15, -0.1) is 0 Å². The van der Waals surface area contributed by atoms with Gasteiger partial charge in [0, 0.05) is 6.42 Å². The first-order chi connectivity index (χ1) is 6.27. The van der Waals surface area contributed by atoms with E-state index < -0.39 is 0 Å². The molecule has 0 radical (unpaired) electrons. The Hall–Kier alpha value is -0.990. The summed E-state index contributed by atoms with van der Waals surface area (Å²) in [5.41, 5.74) is 0. The summed E-state index contributed by atoms with van der Waals surface area (Å²) < 4.78 is 10.0. The zero-order valence-electron chi connectivity index (χ0n) is 8.21. The fraction of sp³-hybridized carbons (Fsp3) is 0.700. The lowest BCUT2D eigenvalue weighted by atomic mass is 9.93. The molecule has 13 heavy (non-hydrogen) atoms. The summed E-state index contributed by atoms with van der Waals surface area (Å²) in [7, 11) is 1.66. The van der Waals surface area contributed by atoms with E-state index in [0.717, 1.165) is 25.0 Å². The topological polar surface area (TPSA) is 35.5 Å². The number of hydrogen-bond acceptors (Lipinski definition) is 3. The van der Waals surface area contributed by atoms with E-state index in [1.165, 1.54) is 0 Å². The summed E-state index contributed by atoms with van der Waals surface area (Å²) in [6, 6.07) is 0. The lowest BCUT2D eigenvalue weighted by Crippen LogP contribution is -2.19. The van der Waals surface area contributed by atoms with Gasteiger partial charge < -0.3 is 9.47 Å². The first-order valence-electron chi connectivity index (χ1n) is 4.67. The molecular weight excluding hydrogens is 168 g/mol. The average molecular weight is 184 g/mol. The van der Waals surface area contributed by atoms with Crippen LogP contribution in [0, 0.1) is 5.92 Å². The van der Waals surface area contributed by atoms with E-state index in [9.17, 15) is 4.79 Å². The van der Waals surface area contributed by atoms with E-state index >= 15 is 0 Å². The number of rotatable bonds is 3. The lowest BCUT2D eigenvalue weighted by Gasteiger charge is -2.19. The summed E-state index contributed by atoms with van der Waals surface area (Å²) in [4.78, 5) is 11.3. The van der Waals surface area contributed by atoms with Gasteiger partial charge >= 0.3 is 5.97 Å². The molecule has 3 heteroatoms. The van der Waals surface area contributed by atoms with Crippen molar-refractivity contribution in [1.82, 2.24) is 0 Å². The highest BCUT2D eigenvalue weighted by atomic mass is 16.5. The highest BCUT2D eigenvalue weighted by Crippen LogP contribution is 2.24. The highest BCUT2D eigenvalue weighted by Gasteiger charge is 2.22. The van der Waals surface area contributed by atoms with E-state index in [2.05, 4.69) is 0 Å². The Balaban J connectivity index is 2.40. The largest absolute Gasteiger partial charge is 0.501 e. The quantitative estimate of drug-likeness (QED) is 0.628. The molecule has 0 bridgehead atoms. The van der Waals surface area contributed by atoms with Gasteiger partial charge in [0.25, 0.3) is 0 Å². The number of hydrogen-bond donors (Lipinski definition) is 0. The molecule has 1 rings (SSSR count). The normalized spacial score (nSPS) is 22.0. The Morgan fingerprint density at radius 1 is 1.69 bits per heavy atom. The summed E-state index contributed by atoms with van der Waals surface area (Å²) in [6.07, 6.45) is 4.42. The molecule has 1 aliphatic rings. The SMILES string of the molecule is CCOC(=O)C1CC=C(OC)CC1. The van der Waals surface area contributed by atoms with Crippen LogP contribution < -0.4 is 0 Å². The minimum atomic E-state index is -0.0751. The summed E-state index contributed by atoms with van der Waals surface area (Å²) in [5.74, 6) is 0.952. The van der Waals surface area contributed by atoms with Crippen molar-refractivity contribution in [3.8, 4) is 0 Å². The Morgan fingerprint density at radius 2 is 2.46 bits per heavy atom. The molecule has 0 amide bonds. The van der Waals surface area contributed by atoms with Crippen LogP contribution in [0.5, 0.6) is 0 Å². The van der Waals surface area contributed by atoms with Crippen molar-refractivity contribution in [2.75, 3.05) is 13.7 Å². The molecule has 0 saturated carbocycles. The summed E-state index contributed by atoms with van der Waals surface area (Å²) >= 11 is 0. The zero-order chi connectivity index (χ0) is 9.68. The van der Waals surface area contributed by atoms with Gasteiger partial charge in [-0.1, -0.05) is 0 Å². The van der Waals surface area contributed by atoms with Gasteiger partial charge in [0.05, 0.1) is 25.4 Å². The first kappa shape index (κ1) is 10.1. The summed E-state index contributed by atoms with van der Waals surface area (Å²) in [5, 5.41) is 0. The number of allylic oxidation sites excluding steroid dienone is 2. The molecule has 1 atom stereocenters. The predicted molar refractivity (Wildman–Crippen MR) is 49.1 cm³/mol. The van der Waals surface area contributed by atoms with Crippen molar-refractivity contribution < 1.29 is 14.3 Å². The third kappa shape index (κ3) is 2.76. The number of carbonyl (C=O) groups excluding carboxylic acids is 1. The standard InChI is InChI=1S/C10H16O3/c1-3-13-10(11)8-4-6-9(12-2)7-5-8/h6,8H,3-5,7H2,1-2H3.